The lowest BCUT2D eigenvalue weighted by Crippen LogP contribution is -2.44. The van der Waals surface area contributed by atoms with Crippen LogP contribution in [0.5, 0.6) is 0 Å². The number of hydrogen-bond donors (Lipinski definition) is 1. The first-order valence-corrected chi connectivity index (χ1v) is 6.80. The Hall–Kier alpha value is -1.85. The molecule has 110 valence electrons. The second-order valence-electron chi connectivity index (χ2n) is 6.05. The minimum absolute atomic E-state index is 0.184. The predicted molar refractivity (Wildman–Crippen MR) is 72.9 cm³/mol. The number of nitrogens with zero attached hydrogens (tertiary/aromatic N) is 2. The number of carbonyl (C=O) groups is 2. The van der Waals surface area contributed by atoms with Gasteiger partial charge in [0.15, 0.2) is 0 Å². The Morgan fingerprint density at radius 2 is 2.00 bits per heavy atom. The van der Waals surface area contributed by atoms with E-state index in [4.69, 9.17) is 4.52 Å². The van der Waals surface area contributed by atoms with Gasteiger partial charge in [-0.25, -0.2) is 4.79 Å². The van der Waals surface area contributed by atoms with Gasteiger partial charge in [0.05, 0.1) is 12.2 Å². The Bertz CT molecular complexity index is 530. The van der Waals surface area contributed by atoms with Crippen molar-refractivity contribution in [2.24, 2.45) is 5.92 Å². The average Bonchev–Trinajstić information content (AvgIpc) is 2.73. The van der Waals surface area contributed by atoms with Crippen LogP contribution in [-0.2, 0) is 11.3 Å². The lowest BCUT2D eigenvalue weighted by Gasteiger charge is -2.23. The second kappa shape index (κ2) is 4.92. The number of amides is 3. The maximum absolute atomic E-state index is 12.5. The molecule has 20 heavy (non-hydrogen) atoms. The molecule has 0 bridgehead atoms. The third-order valence-electron chi connectivity index (χ3n) is 3.66. The third kappa shape index (κ3) is 2.42. The van der Waals surface area contributed by atoms with Crippen molar-refractivity contribution in [3.63, 3.8) is 0 Å². The Kier molecular flexibility index (Phi) is 3.58. The molecule has 0 unspecified atom stereocenters. The van der Waals surface area contributed by atoms with E-state index in [0.29, 0.717) is 23.8 Å². The molecule has 0 aromatic carbocycles. The molecule has 6 nitrogen and oxygen atoms in total. The van der Waals surface area contributed by atoms with E-state index >= 15 is 0 Å². The van der Waals surface area contributed by atoms with Crippen LogP contribution >= 0.6 is 0 Å². The quantitative estimate of drug-likeness (QED) is 0.857. The number of aryl methyl sites for hydroxylation is 2. The average molecular weight is 279 g/mol. The molecule has 1 aromatic rings. The molecule has 6 heteroatoms. The van der Waals surface area contributed by atoms with Gasteiger partial charge < -0.3 is 9.84 Å². The van der Waals surface area contributed by atoms with E-state index in [1.807, 2.05) is 13.8 Å². The van der Waals surface area contributed by atoms with Gasteiger partial charge in [-0.05, 0) is 33.1 Å². The molecule has 2 heterocycles. The van der Waals surface area contributed by atoms with Crippen LogP contribution in [0.2, 0.25) is 0 Å². The predicted octanol–water partition coefficient (Wildman–Crippen LogP) is 2.15. The van der Waals surface area contributed by atoms with Gasteiger partial charge in [0, 0.05) is 5.56 Å². The van der Waals surface area contributed by atoms with Crippen LogP contribution in [0.3, 0.4) is 0 Å². The van der Waals surface area contributed by atoms with Gasteiger partial charge >= 0.3 is 6.03 Å². The highest BCUT2D eigenvalue weighted by atomic mass is 16.5. The number of urea groups is 1. The molecule has 0 aliphatic carbocycles. The zero-order valence-corrected chi connectivity index (χ0v) is 12.6. The van der Waals surface area contributed by atoms with Crippen molar-refractivity contribution in [2.45, 2.75) is 53.1 Å². The van der Waals surface area contributed by atoms with Crippen molar-refractivity contribution in [3.8, 4) is 0 Å². The number of hydrogen-bond acceptors (Lipinski definition) is 4. The molecular formula is C14H21N3O3. The maximum Gasteiger partial charge on any atom is 0.325 e. The molecule has 2 rings (SSSR count). The number of nitrogens with one attached hydrogen (secondary N) is 1. The number of aromatic nitrogens is 1. The second-order valence-corrected chi connectivity index (χ2v) is 6.05. The molecule has 3 amide bonds. The summed E-state index contributed by atoms with van der Waals surface area (Å²) in [4.78, 5) is 25.8. The Morgan fingerprint density at radius 1 is 1.35 bits per heavy atom. The van der Waals surface area contributed by atoms with Gasteiger partial charge in [0.1, 0.15) is 11.3 Å². The molecule has 1 atom stereocenters. The molecular weight excluding hydrogens is 258 g/mol. The summed E-state index contributed by atoms with van der Waals surface area (Å²) in [5.74, 6) is 0.778. The van der Waals surface area contributed by atoms with Gasteiger partial charge in [-0.1, -0.05) is 19.0 Å². The molecule has 1 aliphatic heterocycles. The summed E-state index contributed by atoms with van der Waals surface area (Å²) in [7, 11) is 0. The first-order chi connectivity index (χ1) is 9.24. The Labute approximate surface area is 118 Å². The van der Waals surface area contributed by atoms with Crippen LogP contribution in [-0.4, -0.2) is 27.5 Å². The fraction of sp³-hybridized carbons (Fsp3) is 0.643. The smallest absolute Gasteiger partial charge is 0.325 e. The lowest BCUT2D eigenvalue weighted by molar-refractivity contribution is -0.131. The number of rotatable bonds is 4. The fourth-order valence-corrected chi connectivity index (χ4v) is 2.73. The summed E-state index contributed by atoms with van der Waals surface area (Å²) in [6, 6.07) is -0.349. The van der Waals surface area contributed by atoms with Crippen LogP contribution in [0.25, 0.3) is 0 Å². The normalized spacial score (nSPS) is 22.8. The highest BCUT2D eigenvalue weighted by molar-refractivity contribution is 6.06. The first kappa shape index (κ1) is 14.6. The van der Waals surface area contributed by atoms with E-state index in [2.05, 4.69) is 10.5 Å². The lowest BCUT2D eigenvalue weighted by atomic mass is 9.91. The van der Waals surface area contributed by atoms with Gasteiger partial charge in [-0.15, -0.1) is 0 Å². The molecule has 1 aromatic heterocycles. The summed E-state index contributed by atoms with van der Waals surface area (Å²) in [5, 5.41) is 6.65. The molecule has 1 fully saturated rings. The summed E-state index contributed by atoms with van der Waals surface area (Å²) in [6.45, 7) is 9.63. The van der Waals surface area contributed by atoms with Crippen molar-refractivity contribution in [2.75, 3.05) is 0 Å². The van der Waals surface area contributed by atoms with Crippen molar-refractivity contribution in [1.82, 2.24) is 15.4 Å². The Morgan fingerprint density at radius 3 is 2.50 bits per heavy atom. The van der Waals surface area contributed by atoms with Gasteiger partial charge in [0.2, 0.25) is 0 Å². The number of imide groups is 1. The largest absolute Gasteiger partial charge is 0.361 e. The van der Waals surface area contributed by atoms with Crippen LogP contribution in [0, 0.1) is 19.8 Å². The molecule has 1 N–H and O–H groups in total. The highest BCUT2D eigenvalue weighted by Gasteiger charge is 2.48. The van der Waals surface area contributed by atoms with Crippen LogP contribution in [0.15, 0.2) is 4.52 Å². The van der Waals surface area contributed by atoms with E-state index < -0.39 is 5.54 Å². The number of carbonyl (C=O) groups excluding carboxylic acids is 2. The molecule has 0 radical (unpaired) electrons. The van der Waals surface area contributed by atoms with E-state index in [-0.39, 0.29) is 18.5 Å². The zero-order chi connectivity index (χ0) is 15.1. The summed E-state index contributed by atoms with van der Waals surface area (Å²) < 4.78 is 5.07. The first-order valence-electron chi connectivity index (χ1n) is 6.80. The van der Waals surface area contributed by atoms with Crippen LogP contribution < -0.4 is 5.32 Å². The highest BCUT2D eigenvalue weighted by Crippen LogP contribution is 2.27. The summed E-state index contributed by atoms with van der Waals surface area (Å²) in [6.07, 6.45) is 0.621. The van der Waals surface area contributed by atoms with E-state index in [1.165, 1.54) is 4.90 Å². The van der Waals surface area contributed by atoms with Crippen molar-refractivity contribution < 1.29 is 14.1 Å². The SMILES string of the molecule is Cc1noc(C)c1CN1C(=O)N[C@@](C)(CC(C)C)C1=O. The molecule has 1 aliphatic rings. The molecule has 0 saturated carbocycles. The van der Waals surface area contributed by atoms with E-state index in [0.717, 1.165) is 5.56 Å². The Balaban J connectivity index is 2.22. The van der Waals surface area contributed by atoms with Crippen LogP contribution in [0.4, 0.5) is 4.79 Å². The van der Waals surface area contributed by atoms with Crippen molar-refractivity contribution >= 4 is 11.9 Å². The van der Waals surface area contributed by atoms with Crippen molar-refractivity contribution in [1.29, 1.82) is 0 Å². The van der Waals surface area contributed by atoms with Crippen LogP contribution in [0.1, 0.15) is 44.2 Å². The minimum Gasteiger partial charge on any atom is -0.361 e. The minimum atomic E-state index is -0.815. The van der Waals surface area contributed by atoms with Gasteiger partial charge in [-0.3, -0.25) is 9.69 Å². The van der Waals surface area contributed by atoms with Gasteiger partial charge in [0.25, 0.3) is 5.91 Å². The fourth-order valence-electron chi connectivity index (χ4n) is 2.73. The van der Waals surface area contributed by atoms with Gasteiger partial charge in [-0.2, -0.15) is 0 Å². The van der Waals surface area contributed by atoms with E-state index in [9.17, 15) is 9.59 Å². The third-order valence-corrected chi connectivity index (χ3v) is 3.66. The standard InChI is InChI=1S/C14H21N3O3/c1-8(2)6-14(5)12(18)17(13(19)15-14)7-11-9(3)16-20-10(11)4/h8H,6-7H2,1-5H3,(H,15,19)/t14-/m0/s1. The molecule has 1 saturated heterocycles. The summed E-state index contributed by atoms with van der Waals surface area (Å²) in [5.41, 5.74) is 0.687. The maximum atomic E-state index is 12.5. The van der Waals surface area contributed by atoms with E-state index in [1.54, 1.807) is 20.8 Å². The monoisotopic (exact) mass is 279 g/mol. The zero-order valence-electron chi connectivity index (χ0n) is 12.6. The summed E-state index contributed by atoms with van der Waals surface area (Å²) >= 11 is 0. The topological polar surface area (TPSA) is 75.4 Å². The van der Waals surface area contributed by atoms with Crippen molar-refractivity contribution in [3.05, 3.63) is 17.0 Å². The molecule has 0 spiro atoms.